The fraction of sp³-hybridized carbons (Fsp3) is 0.870. The van der Waals surface area contributed by atoms with Gasteiger partial charge in [-0.3, -0.25) is 4.79 Å². The smallest absolute Gasteiger partial charge is 0.256 e. The molecule has 0 spiro atoms. The van der Waals surface area contributed by atoms with E-state index < -0.39 is 41.6 Å². The van der Waals surface area contributed by atoms with Gasteiger partial charge in [-0.15, -0.1) is 0 Å². The lowest BCUT2D eigenvalue weighted by molar-refractivity contribution is -0.331. The lowest BCUT2D eigenvalue weighted by Gasteiger charge is -2.54. The van der Waals surface area contributed by atoms with Gasteiger partial charge in [-0.25, -0.2) is 0 Å². The highest BCUT2D eigenvalue weighted by Gasteiger charge is 2.56. The van der Waals surface area contributed by atoms with E-state index in [4.69, 9.17) is 28.4 Å². The molecule has 0 aromatic rings. The van der Waals surface area contributed by atoms with E-state index in [1.807, 2.05) is 27.7 Å². The zero-order valence-electron chi connectivity index (χ0n) is 20.4. The van der Waals surface area contributed by atoms with Crippen molar-refractivity contribution in [3.63, 3.8) is 0 Å². The van der Waals surface area contributed by atoms with E-state index in [0.29, 0.717) is 6.42 Å². The minimum atomic E-state index is -1.63. The van der Waals surface area contributed by atoms with Crippen LogP contribution in [0.15, 0.2) is 12.2 Å². The molecule has 0 saturated carbocycles. The lowest BCUT2D eigenvalue weighted by Crippen LogP contribution is -2.69. The molecule has 3 rings (SSSR count). The van der Waals surface area contributed by atoms with Gasteiger partial charge in [0.25, 0.3) is 5.91 Å². The number of hydrogen-bond acceptors (Lipinski definition) is 9. The third-order valence-corrected chi connectivity index (χ3v) is 7.46. The van der Waals surface area contributed by atoms with Gasteiger partial charge in [0.15, 0.2) is 12.3 Å². The SMILES string of the molecule is C=C1C[C@](OC)([C@H](O)C(=O)N[C@@H]2OCO[C@H]3[C@@H]2O[C@H](CCO)C(C)(C)[C@@H]3OC)O[C@H](C)[C@@H]1C. The summed E-state index contributed by atoms with van der Waals surface area (Å²) in [7, 11) is 2.99. The number of aliphatic hydroxyl groups excluding tert-OH is 2. The molecule has 33 heavy (non-hydrogen) atoms. The van der Waals surface area contributed by atoms with Gasteiger partial charge in [0.2, 0.25) is 5.79 Å². The minimum Gasteiger partial charge on any atom is -0.396 e. The van der Waals surface area contributed by atoms with Crippen LogP contribution in [0.5, 0.6) is 0 Å². The van der Waals surface area contributed by atoms with Gasteiger partial charge >= 0.3 is 0 Å². The van der Waals surface area contributed by atoms with Crippen molar-refractivity contribution < 1.29 is 43.4 Å². The monoisotopic (exact) mass is 473 g/mol. The Morgan fingerprint density at radius 2 is 1.97 bits per heavy atom. The van der Waals surface area contributed by atoms with Crippen LogP contribution in [0, 0.1) is 11.3 Å². The Morgan fingerprint density at radius 1 is 1.27 bits per heavy atom. The summed E-state index contributed by atoms with van der Waals surface area (Å²) in [5.41, 5.74) is 0.380. The quantitative estimate of drug-likeness (QED) is 0.458. The standard InChI is InChI=1S/C23H39NO9/c1-12-10-23(29-7,33-14(3)13(12)2)18(26)20(27)24-21-17-16(30-11-31-21)19(28-6)22(4,5)15(32-17)8-9-25/h13-19,21,25-26H,1,8-11H2,2-7H3,(H,24,27)/t13-,14-,15-,16+,17+,18-,19-,21-,23-/m1/s1. The van der Waals surface area contributed by atoms with Gasteiger partial charge in [0.05, 0.1) is 18.3 Å². The third kappa shape index (κ3) is 4.85. The Bertz CT molecular complexity index is 716. The lowest BCUT2D eigenvalue weighted by atomic mass is 9.73. The van der Waals surface area contributed by atoms with Crippen LogP contribution in [0.1, 0.15) is 40.5 Å². The van der Waals surface area contributed by atoms with E-state index >= 15 is 0 Å². The van der Waals surface area contributed by atoms with Crippen molar-refractivity contribution in [1.29, 1.82) is 0 Å². The maximum Gasteiger partial charge on any atom is 0.256 e. The van der Waals surface area contributed by atoms with Gasteiger partial charge in [0.1, 0.15) is 19.0 Å². The Labute approximate surface area is 195 Å². The first-order valence-electron chi connectivity index (χ1n) is 11.4. The van der Waals surface area contributed by atoms with Crippen molar-refractivity contribution in [1.82, 2.24) is 5.32 Å². The Morgan fingerprint density at radius 3 is 2.55 bits per heavy atom. The third-order valence-electron chi connectivity index (χ3n) is 7.46. The number of aliphatic hydroxyl groups is 2. The highest BCUT2D eigenvalue weighted by Crippen LogP contribution is 2.43. The Balaban J connectivity index is 1.78. The highest BCUT2D eigenvalue weighted by atomic mass is 16.7. The number of amides is 1. The van der Waals surface area contributed by atoms with Crippen LogP contribution in [0.2, 0.25) is 0 Å². The summed E-state index contributed by atoms with van der Waals surface area (Å²) in [5, 5.41) is 23.2. The molecule has 0 aliphatic carbocycles. The zero-order chi connectivity index (χ0) is 24.6. The summed E-state index contributed by atoms with van der Waals surface area (Å²) >= 11 is 0. The molecule has 10 nitrogen and oxygen atoms in total. The first kappa shape index (κ1) is 26.5. The van der Waals surface area contributed by atoms with Crippen LogP contribution < -0.4 is 5.32 Å². The maximum atomic E-state index is 13.1. The number of methoxy groups -OCH3 is 2. The largest absolute Gasteiger partial charge is 0.396 e. The van der Waals surface area contributed by atoms with Crippen molar-refractivity contribution in [2.75, 3.05) is 27.6 Å². The molecule has 3 aliphatic heterocycles. The number of rotatable bonds is 7. The predicted molar refractivity (Wildman–Crippen MR) is 117 cm³/mol. The second-order valence-corrected chi connectivity index (χ2v) is 9.79. The number of fused-ring (bicyclic) bond motifs is 1. The van der Waals surface area contributed by atoms with E-state index in [-0.39, 0.29) is 44.1 Å². The summed E-state index contributed by atoms with van der Waals surface area (Å²) < 4.78 is 35.0. The molecule has 0 bridgehead atoms. The van der Waals surface area contributed by atoms with Gasteiger partial charge in [0, 0.05) is 38.6 Å². The van der Waals surface area contributed by atoms with Crippen molar-refractivity contribution in [3.05, 3.63) is 12.2 Å². The topological polar surface area (TPSA) is 125 Å². The number of carbonyl (C=O) groups excluding carboxylic acids is 1. The molecule has 10 heteroatoms. The molecule has 3 saturated heterocycles. The van der Waals surface area contributed by atoms with Crippen molar-refractivity contribution in [2.45, 2.75) is 89.2 Å². The van der Waals surface area contributed by atoms with E-state index in [9.17, 15) is 15.0 Å². The van der Waals surface area contributed by atoms with Gasteiger partial charge in [-0.2, -0.15) is 0 Å². The average molecular weight is 474 g/mol. The summed E-state index contributed by atoms with van der Waals surface area (Å²) in [6.45, 7) is 11.7. The summed E-state index contributed by atoms with van der Waals surface area (Å²) in [5.74, 6) is -2.21. The van der Waals surface area contributed by atoms with E-state index in [1.165, 1.54) is 7.11 Å². The van der Waals surface area contributed by atoms with Crippen LogP contribution in [0.4, 0.5) is 0 Å². The van der Waals surface area contributed by atoms with Crippen LogP contribution >= 0.6 is 0 Å². The fourth-order valence-corrected chi connectivity index (χ4v) is 5.13. The minimum absolute atomic E-state index is 0.0619. The first-order valence-corrected chi connectivity index (χ1v) is 11.4. The molecule has 190 valence electrons. The summed E-state index contributed by atoms with van der Waals surface area (Å²) in [4.78, 5) is 13.1. The molecule has 0 aromatic heterocycles. The Hall–Kier alpha value is -1.11. The van der Waals surface area contributed by atoms with E-state index in [2.05, 4.69) is 11.9 Å². The second-order valence-electron chi connectivity index (χ2n) is 9.79. The number of carbonyl (C=O) groups is 1. The van der Waals surface area contributed by atoms with E-state index in [1.54, 1.807) is 7.11 Å². The molecule has 3 heterocycles. The molecule has 1 amide bonds. The number of ether oxygens (including phenoxy) is 6. The molecule has 3 aliphatic rings. The van der Waals surface area contributed by atoms with Crippen molar-refractivity contribution in [3.8, 4) is 0 Å². The predicted octanol–water partition coefficient (Wildman–Crippen LogP) is 0.697. The first-order chi connectivity index (χ1) is 15.5. The van der Waals surface area contributed by atoms with Crippen LogP contribution in [-0.2, 0) is 33.2 Å². The zero-order valence-corrected chi connectivity index (χ0v) is 20.4. The highest BCUT2D eigenvalue weighted by molar-refractivity contribution is 5.82. The molecule has 3 fully saturated rings. The molecule has 0 radical (unpaired) electrons. The average Bonchev–Trinajstić information content (AvgIpc) is 2.77. The van der Waals surface area contributed by atoms with Crippen molar-refractivity contribution >= 4 is 5.91 Å². The number of nitrogens with one attached hydrogen (secondary N) is 1. The molecule has 9 atom stereocenters. The van der Waals surface area contributed by atoms with Crippen molar-refractivity contribution in [2.24, 2.45) is 11.3 Å². The maximum absolute atomic E-state index is 13.1. The molecule has 0 unspecified atom stereocenters. The summed E-state index contributed by atoms with van der Waals surface area (Å²) in [6, 6.07) is 0. The fourth-order valence-electron chi connectivity index (χ4n) is 5.13. The molecule has 3 N–H and O–H groups in total. The van der Waals surface area contributed by atoms with Gasteiger partial charge in [-0.05, 0) is 13.3 Å². The van der Waals surface area contributed by atoms with E-state index in [0.717, 1.165) is 5.57 Å². The number of hydrogen-bond donors (Lipinski definition) is 3. The van der Waals surface area contributed by atoms with Crippen LogP contribution in [0.3, 0.4) is 0 Å². The molecule has 0 aromatic carbocycles. The molecular formula is C23H39NO9. The van der Waals surface area contributed by atoms with Gasteiger partial charge < -0.3 is 44.0 Å². The van der Waals surface area contributed by atoms with Crippen LogP contribution in [-0.4, -0.2) is 92.4 Å². The van der Waals surface area contributed by atoms with Crippen LogP contribution in [0.25, 0.3) is 0 Å². The van der Waals surface area contributed by atoms with Gasteiger partial charge in [-0.1, -0.05) is 32.9 Å². The second kappa shape index (κ2) is 10.2. The molecular weight excluding hydrogens is 434 g/mol. The Kier molecular flexibility index (Phi) is 8.23. The normalized spacial score (nSPS) is 41.8. The summed E-state index contributed by atoms with van der Waals surface area (Å²) in [6.07, 6.45) is -4.20.